The van der Waals surface area contributed by atoms with Gasteiger partial charge in [0.05, 0.1) is 46.1 Å². The second-order valence-corrected chi connectivity index (χ2v) is 11.5. The Labute approximate surface area is 232 Å². The number of aromatic nitrogens is 5. The highest BCUT2D eigenvalue weighted by Crippen LogP contribution is 2.37. The van der Waals surface area contributed by atoms with Gasteiger partial charge in [0.2, 0.25) is 0 Å². The molecule has 1 aliphatic rings. The van der Waals surface area contributed by atoms with Crippen molar-refractivity contribution in [3.63, 3.8) is 0 Å². The number of nitrogens with one attached hydrogen (secondary N) is 2. The van der Waals surface area contributed by atoms with Crippen LogP contribution in [0.1, 0.15) is 68.1 Å². The first-order valence-corrected chi connectivity index (χ1v) is 13.4. The Bertz CT molecular complexity index is 1810. The van der Waals surface area contributed by atoms with Gasteiger partial charge in [0.1, 0.15) is 17.8 Å². The van der Waals surface area contributed by atoms with Crippen molar-refractivity contribution in [3.8, 4) is 12.1 Å². The lowest BCUT2D eigenvalue weighted by molar-refractivity contribution is 0.443. The maximum absolute atomic E-state index is 10.1. The number of hydrogen-bond donors (Lipinski definition) is 2. The van der Waals surface area contributed by atoms with Crippen LogP contribution >= 0.6 is 0 Å². The number of rotatable bonds is 7. The summed E-state index contributed by atoms with van der Waals surface area (Å²) >= 11 is 0. The van der Waals surface area contributed by atoms with Crippen molar-refractivity contribution in [1.82, 2.24) is 25.0 Å². The van der Waals surface area contributed by atoms with E-state index in [1.807, 2.05) is 35.1 Å². The predicted octanol–water partition coefficient (Wildman–Crippen LogP) is 6.11. The number of nitriles is 2. The fraction of sp³-hybridized carbons (Fsp3) is 0.290. The Hall–Kier alpha value is -5.02. The molecule has 0 radical (unpaired) electrons. The molecule has 2 aromatic carbocycles. The van der Waals surface area contributed by atoms with Gasteiger partial charge >= 0.3 is 0 Å². The van der Waals surface area contributed by atoms with Crippen molar-refractivity contribution in [3.05, 3.63) is 83.4 Å². The van der Waals surface area contributed by atoms with E-state index in [1.54, 1.807) is 12.3 Å². The molecule has 6 rings (SSSR count). The summed E-state index contributed by atoms with van der Waals surface area (Å²) in [6, 6.07) is 18.4. The van der Waals surface area contributed by atoms with Gasteiger partial charge < -0.3 is 10.6 Å². The van der Waals surface area contributed by atoms with Gasteiger partial charge in [-0.05, 0) is 48.1 Å². The van der Waals surface area contributed by atoms with Crippen LogP contribution in [-0.4, -0.2) is 31.5 Å². The normalized spacial score (nSPS) is 14.0. The molecule has 9 nitrogen and oxygen atoms in total. The molecule has 0 amide bonds. The molecule has 1 fully saturated rings. The van der Waals surface area contributed by atoms with Crippen molar-refractivity contribution < 1.29 is 0 Å². The first kappa shape index (κ1) is 25.3. The third-order valence-corrected chi connectivity index (χ3v) is 7.05. The van der Waals surface area contributed by atoms with Crippen LogP contribution in [0.4, 0.5) is 11.4 Å². The Balaban J connectivity index is 1.50. The van der Waals surface area contributed by atoms with Gasteiger partial charge in [0, 0.05) is 35.4 Å². The minimum Gasteiger partial charge on any atom is -0.383 e. The molecule has 198 valence electrons. The van der Waals surface area contributed by atoms with Crippen LogP contribution in [0, 0.1) is 28.1 Å². The van der Waals surface area contributed by atoms with Crippen LogP contribution in [0.2, 0.25) is 0 Å². The van der Waals surface area contributed by atoms with Crippen LogP contribution in [0.15, 0.2) is 61.1 Å². The Morgan fingerprint density at radius 2 is 1.85 bits per heavy atom. The van der Waals surface area contributed by atoms with E-state index in [9.17, 15) is 10.5 Å². The maximum atomic E-state index is 10.1. The van der Waals surface area contributed by atoms with Crippen LogP contribution in [-0.2, 0) is 0 Å². The molecule has 3 heterocycles. The lowest BCUT2D eigenvalue weighted by Gasteiger charge is -2.23. The second kappa shape index (κ2) is 9.94. The summed E-state index contributed by atoms with van der Waals surface area (Å²) in [4.78, 5) is 9.04. The molecule has 1 atom stereocenters. The molecule has 9 heteroatoms. The number of anilines is 2. The monoisotopic (exact) mass is 527 g/mol. The molecule has 0 aliphatic heterocycles. The summed E-state index contributed by atoms with van der Waals surface area (Å²) in [5, 5.41) is 37.7. The fourth-order valence-electron chi connectivity index (χ4n) is 4.90. The van der Waals surface area contributed by atoms with Crippen LogP contribution in [0.5, 0.6) is 0 Å². The first-order valence-electron chi connectivity index (χ1n) is 13.4. The third kappa shape index (κ3) is 4.90. The van der Waals surface area contributed by atoms with Gasteiger partial charge in [-0.15, -0.1) is 5.10 Å². The SMILES string of the molecule is CC(C)(C)CNc1c(C#N)cnc2c(C#N)cc(N[C@H](c3cn(C4CC4)nn3)c3cccc4ncccc34)cc12. The minimum atomic E-state index is -0.359. The average Bonchev–Trinajstić information content (AvgIpc) is 3.69. The number of fused-ring (bicyclic) bond motifs is 2. The number of benzene rings is 2. The van der Waals surface area contributed by atoms with Crippen molar-refractivity contribution >= 4 is 33.2 Å². The van der Waals surface area contributed by atoms with Gasteiger partial charge in [-0.25, -0.2) is 4.68 Å². The third-order valence-electron chi connectivity index (χ3n) is 7.05. The summed E-state index contributed by atoms with van der Waals surface area (Å²) < 4.78 is 1.94. The van der Waals surface area contributed by atoms with Gasteiger partial charge in [0.25, 0.3) is 0 Å². The van der Waals surface area contributed by atoms with Crippen LogP contribution < -0.4 is 10.6 Å². The molecule has 3 aromatic heterocycles. The van der Waals surface area contributed by atoms with Crippen LogP contribution in [0.25, 0.3) is 21.8 Å². The smallest absolute Gasteiger partial charge is 0.110 e. The lowest BCUT2D eigenvalue weighted by Crippen LogP contribution is -2.20. The molecule has 40 heavy (non-hydrogen) atoms. The van der Waals surface area contributed by atoms with Crippen molar-refractivity contribution in [2.45, 2.75) is 45.7 Å². The zero-order chi connectivity index (χ0) is 27.9. The molecular weight excluding hydrogens is 498 g/mol. The van der Waals surface area contributed by atoms with E-state index in [1.165, 1.54) is 6.20 Å². The largest absolute Gasteiger partial charge is 0.383 e. The molecular formula is C31H29N9. The molecule has 0 bridgehead atoms. The average molecular weight is 528 g/mol. The van der Waals surface area contributed by atoms with E-state index in [0.717, 1.165) is 35.0 Å². The Morgan fingerprint density at radius 1 is 1.02 bits per heavy atom. The van der Waals surface area contributed by atoms with Gasteiger partial charge in [0.15, 0.2) is 0 Å². The number of hydrogen-bond acceptors (Lipinski definition) is 8. The van der Waals surface area contributed by atoms with Gasteiger partial charge in [-0.2, -0.15) is 10.5 Å². The van der Waals surface area contributed by atoms with Crippen molar-refractivity contribution in [2.24, 2.45) is 5.41 Å². The molecule has 0 spiro atoms. The Morgan fingerprint density at radius 3 is 2.60 bits per heavy atom. The van der Waals surface area contributed by atoms with Crippen molar-refractivity contribution in [2.75, 3.05) is 17.2 Å². The van der Waals surface area contributed by atoms with Crippen LogP contribution in [0.3, 0.4) is 0 Å². The molecule has 2 N–H and O–H groups in total. The molecule has 0 unspecified atom stereocenters. The lowest BCUT2D eigenvalue weighted by atomic mass is 9.96. The Kier molecular flexibility index (Phi) is 6.28. The predicted molar refractivity (Wildman–Crippen MR) is 155 cm³/mol. The standard InChI is InChI=1S/C31H29N9/c1-31(2,3)18-36-29-20(15-33)16-35-28-19(14-32)12-21(13-25(28)29)37-30(27-17-40(39-38-27)22-9-10-22)24-6-4-8-26-23(24)7-5-11-34-26/h4-8,11-13,16-17,22,30,37H,9-10,18H2,1-3H3,(H,35,36)/t30-/m0/s1. The fourth-order valence-corrected chi connectivity index (χ4v) is 4.90. The van der Waals surface area contributed by atoms with Crippen molar-refractivity contribution in [1.29, 1.82) is 10.5 Å². The van der Waals surface area contributed by atoms with Gasteiger partial charge in [-0.3, -0.25) is 9.97 Å². The zero-order valence-electron chi connectivity index (χ0n) is 22.7. The molecule has 1 saturated carbocycles. The van der Waals surface area contributed by atoms with E-state index in [0.29, 0.717) is 46.0 Å². The minimum absolute atomic E-state index is 0.0167. The molecule has 0 saturated heterocycles. The summed E-state index contributed by atoms with van der Waals surface area (Å²) in [6.45, 7) is 7.03. The molecule has 1 aliphatic carbocycles. The van der Waals surface area contributed by atoms with E-state index in [-0.39, 0.29) is 11.5 Å². The first-order chi connectivity index (χ1) is 19.3. The molecule has 5 aromatic rings. The maximum Gasteiger partial charge on any atom is 0.110 e. The van der Waals surface area contributed by atoms with E-state index in [2.05, 4.69) is 76.0 Å². The second-order valence-electron chi connectivity index (χ2n) is 11.5. The summed E-state index contributed by atoms with van der Waals surface area (Å²) in [6.07, 6.45) is 7.53. The van der Waals surface area contributed by atoms with Gasteiger partial charge in [-0.1, -0.05) is 44.2 Å². The summed E-state index contributed by atoms with van der Waals surface area (Å²) in [7, 11) is 0. The number of pyridine rings is 2. The highest BCUT2D eigenvalue weighted by molar-refractivity contribution is 5.99. The zero-order valence-corrected chi connectivity index (χ0v) is 22.7. The van der Waals surface area contributed by atoms with E-state index < -0.39 is 0 Å². The summed E-state index contributed by atoms with van der Waals surface area (Å²) in [5.74, 6) is 0. The highest BCUT2D eigenvalue weighted by atomic mass is 15.4. The quantitative estimate of drug-likeness (QED) is 0.259. The van der Waals surface area contributed by atoms with E-state index in [4.69, 9.17) is 0 Å². The highest BCUT2D eigenvalue weighted by Gasteiger charge is 2.28. The van der Waals surface area contributed by atoms with E-state index >= 15 is 0 Å². The number of nitrogens with zero attached hydrogens (tertiary/aromatic N) is 7. The summed E-state index contributed by atoms with van der Waals surface area (Å²) in [5.41, 5.74) is 5.43. The topological polar surface area (TPSA) is 128 Å².